The molecule has 0 radical (unpaired) electrons. The summed E-state index contributed by atoms with van der Waals surface area (Å²) in [6.45, 7) is 0. The van der Waals surface area contributed by atoms with Gasteiger partial charge in [0.2, 0.25) is 5.91 Å². The van der Waals surface area contributed by atoms with E-state index in [4.69, 9.17) is 5.11 Å². The average molecular weight is 386 g/mol. The predicted molar refractivity (Wildman–Crippen MR) is 112 cm³/mol. The van der Waals surface area contributed by atoms with Crippen LogP contribution >= 0.6 is 0 Å². The van der Waals surface area contributed by atoms with Crippen LogP contribution in [0.15, 0.2) is 84.9 Å². The fourth-order valence-electron chi connectivity index (χ4n) is 2.59. The van der Waals surface area contributed by atoms with Gasteiger partial charge in [0.25, 0.3) is 5.91 Å². The number of carbonyl (C=O) groups excluding carboxylic acids is 2. The molecule has 3 rings (SSSR count). The van der Waals surface area contributed by atoms with Crippen LogP contribution in [0.4, 0.5) is 11.4 Å². The van der Waals surface area contributed by atoms with Crippen LogP contribution in [0.2, 0.25) is 0 Å². The third-order valence-corrected chi connectivity index (χ3v) is 3.99. The quantitative estimate of drug-likeness (QED) is 0.551. The van der Waals surface area contributed by atoms with Crippen LogP contribution in [0.25, 0.3) is 6.08 Å². The summed E-state index contributed by atoms with van der Waals surface area (Å²) in [5, 5.41) is 14.4. The van der Waals surface area contributed by atoms with Gasteiger partial charge in [-0.05, 0) is 48.0 Å². The first-order valence-electron chi connectivity index (χ1n) is 8.80. The maximum Gasteiger partial charge on any atom is 0.335 e. The lowest BCUT2D eigenvalue weighted by Gasteiger charge is -2.08. The van der Waals surface area contributed by atoms with Gasteiger partial charge in [-0.1, -0.05) is 42.5 Å². The van der Waals surface area contributed by atoms with Crippen LogP contribution in [0.5, 0.6) is 0 Å². The smallest absolute Gasteiger partial charge is 0.335 e. The van der Waals surface area contributed by atoms with Gasteiger partial charge in [-0.15, -0.1) is 0 Å². The Labute approximate surface area is 167 Å². The van der Waals surface area contributed by atoms with Crippen molar-refractivity contribution in [1.29, 1.82) is 0 Å². The van der Waals surface area contributed by atoms with Gasteiger partial charge in [-0.25, -0.2) is 4.79 Å². The van der Waals surface area contributed by atoms with E-state index in [1.54, 1.807) is 42.5 Å². The average Bonchev–Trinajstić information content (AvgIpc) is 2.73. The zero-order valence-electron chi connectivity index (χ0n) is 15.3. The predicted octanol–water partition coefficient (Wildman–Crippen LogP) is 4.29. The van der Waals surface area contributed by atoms with E-state index in [1.807, 2.05) is 30.3 Å². The minimum absolute atomic E-state index is 0.0778. The van der Waals surface area contributed by atoms with Crippen LogP contribution in [0.1, 0.15) is 26.3 Å². The monoisotopic (exact) mass is 386 g/mol. The van der Waals surface area contributed by atoms with Crippen LogP contribution in [0, 0.1) is 0 Å². The molecule has 0 fully saturated rings. The van der Waals surface area contributed by atoms with Gasteiger partial charge >= 0.3 is 5.97 Å². The maximum atomic E-state index is 12.5. The van der Waals surface area contributed by atoms with Crippen molar-refractivity contribution in [3.05, 3.63) is 102 Å². The Bertz CT molecular complexity index is 1080. The fraction of sp³-hybridized carbons (Fsp3) is 0. The normalized spacial score (nSPS) is 10.5. The van der Waals surface area contributed by atoms with Crippen LogP contribution < -0.4 is 10.6 Å². The van der Waals surface area contributed by atoms with Crippen LogP contribution in [-0.2, 0) is 4.79 Å². The van der Waals surface area contributed by atoms with Crippen molar-refractivity contribution < 1.29 is 19.5 Å². The molecule has 3 N–H and O–H groups in total. The first-order chi connectivity index (χ1) is 14.0. The highest BCUT2D eigenvalue weighted by atomic mass is 16.4. The van der Waals surface area contributed by atoms with Crippen molar-refractivity contribution in [2.45, 2.75) is 0 Å². The lowest BCUT2D eigenvalue weighted by atomic mass is 10.1. The molecule has 0 saturated carbocycles. The van der Waals surface area contributed by atoms with Crippen molar-refractivity contribution in [3.8, 4) is 0 Å². The van der Waals surface area contributed by atoms with E-state index >= 15 is 0 Å². The van der Waals surface area contributed by atoms with Gasteiger partial charge in [0.1, 0.15) is 0 Å². The minimum Gasteiger partial charge on any atom is -0.478 e. The zero-order valence-corrected chi connectivity index (χ0v) is 15.3. The summed E-state index contributed by atoms with van der Waals surface area (Å²) in [4.78, 5) is 35.6. The Hall–Kier alpha value is -4.19. The Morgan fingerprint density at radius 3 is 2.03 bits per heavy atom. The van der Waals surface area contributed by atoms with E-state index in [-0.39, 0.29) is 11.5 Å². The number of carboxylic acids is 1. The van der Waals surface area contributed by atoms with Crippen LogP contribution in [0.3, 0.4) is 0 Å². The Morgan fingerprint density at radius 2 is 1.34 bits per heavy atom. The molecule has 0 bridgehead atoms. The summed E-state index contributed by atoms with van der Waals surface area (Å²) in [7, 11) is 0. The lowest BCUT2D eigenvalue weighted by Crippen LogP contribution is -2.13. The molecular formula is C23H18N2O4. The number of carboxylic acid groups (broad SMARTS) is 1. The number of nitrogens with one attached hydrogen (secondary N) is 2. The van der Waals surface area contributed by atoms with Crippen LogP contribution in [-0.4, -0.2) is 22.9 Å². The van der Waals surface area contributed by atoms with Crippen molar-refractivity contribution in [2.24, 2.45) is 0 Å². The molecular weight excluding hydrogens is 368 g/mol. The van der Waals surface area contributed by atoms with Gasteiger partial charge in [0.05, 0.1) is 5.56 Å². The summed E-state index contributed by atoms with van der Waals surface area (Å²) >= 11 is 0. The highest BCUT2D eigenvalue weighted by Gasteiger charge is 2.09. The number of rotatable bonds is 6. The highest BCUT2D eigenvalue weighted by Crippen LogP contribution is 2.15. The molecule has 0 saturated heterocycles. The molecule has 144 valence electrons. The molecule has 0 spiro atoms. The fourth-order valence-corrected chi connectivity index (χ4v) is 2.59. The summed E-state index contributed by atoms with van der Waals surface area (Å²) in [5.41, 5.74) is 2.15. The number of carbonyl (C=O) groups is 3. The molecule has 29 heavy (non-hydrogen) atoms. The summed E-state index contributed by atoms with van der Waals surface area (Å²) < 4.78 is 0. The Balaban J connectivity index is 1.66. The molecule has 3 aromatic rings. The Kier molecular flexibility index (Phi) is 6.17. The molecule has 0 aliphatic rings. The largest absolute Gasteiger partial charge is 0.478 e. The second-order valence-corrected chi connectivity index (χ2v) is 6.15. The molecule has 3 aromatic carbocycles. The van der Waals surface area contributed by atoms with Crippen molar-refractivity contribution in [3.63, 3.8) is 0 Å². The van der Waals surface area contributed by atoms with E-state index < -0.39 is 11.9 Å². The van der Waals surface area contributed by atoms with Gasteiger partial charge in [-0.2, -0.15) is 0 Å². The van der Waals surface area contributed by atoms with Gasteiger partial charge in [0.15, 0.2) is 0 Å². The second-order valence-electron chi connectivity index (χ2n) is 6.15. The third-order valence-electron chi connectivity index (χ3n) is 3.99. The third kappa shape index (κ3) is 5.64. The van der Waals surface area contributed by atoms with E-state index in [0.29, 0.717) is 16.9 Å². The molecule has 6 heteroatoms. The Morgan fingerprint density at radius 1 is 0.724 bits per heavy atom. The topological polar surface area (TPSA) is 95.5 Å². The molecule has 0 aliphatic heterocycles. The highest BCUT2D eigenvalue weighted by molar-refractivity contribution is 6.07. The molecule has 0 unspecified atom stereocenters. The summed E-state index contributed by atoms with van der Waals surface area (Å²) in [6.07, 6.45) is 3.11. The van der Waals surface area contributed by atoms with E-state index in [1.165, 1.54) is 18.2 Å². The molecule has 6 nitrogen and oxygen atoms in total. The van der Waals surface area contributed by atoms with Crippen molar-refractivity contribution in [2.75, 3.05) is 10.6 Å². The molecule has 0 atom stereocenters. The molecule has 0 aromatic heterocycles. The van der Waals surface area contributed by atoms with Gasteiger partial charge in [0, 0.05) is 23.0 Å². The van der Waals surface area contributed by atoms with E-state index in [0.717, 1.165) is 5.56 Å². The lowest BCUT2D eigenvalue weighted by molar-refractivity contribution is -0.111. The standard InChI is InChI=1S/C23H18N2O4/c26-21(13-12-16-6-2-1-3-7-16)24-19-10-4-8-17(14-19)22(27)25-20-11-5-9-18(15-20)23(28)29/h1-15H,(H,24,26)(H,25,27)(H,28,29)/b13-12+. The summed E-state index contributed by atoms with van der Waals surface area (Å²) in [5.74, 6) is -1.81. The van der Waals surface area contributed by atoms with Gasteiger partial charge in [-0.3, -0.25) is 9.59 Å². The number of anilines is 2. The summed E-state index contributed by atoms with van der Waals surface area (Å²) in [6, 6.07) is 21.9. The molecule has 2 amide bonds. The van der Waals surface area contributed by atoms with Crippen molar-refractivity contribution in [1.82, 2.24) is 0 Å². The number of aromatic carboxylic acids is 1. The van der Waals surface area contributed by atoms with Gasteiger partial charge < -0.3 is 15.7 Å². The van der Waals surface area contributed by atoms with Crippen molar-refractivity contribution >= 4 is 35.2 Å². The van der Waals surface area contributed by atoms with E-state index in [9.17, 15) is 14.4 Å². The number of amides is 2. The molecule has 0 heterocycles. The zero-order chi connectivity index (χ0) is 20.6. The minimum atomic E-state index is -1.07. The first-order valence-corrected chi connectivity index (χ1v) is 8.80. The number of hydrogen-bond acceptors (Lipinski definition) is 3. The molecule has 0 aliphatic carbocycles. The maximum absolute atomic E-state index is 12.5. The number of benzene rings is 3. The van der Waals surface area contributed by atoms with E-state index in [2.05, 4.69) is 10.6 Å². The second kappa shape index (κ2) is 9.14. The number of hydrogen-bond donors (Lipinski definition) is 3. The SMILES string of the molecule is O=C(/C=C/c1ccccc1)Nc1cccc(C(=O)Nc2cccc(C(=O)O)c2)c1. The first kappa shape index (κ1) is 19.6.